The molecule has 0 aromatic heterocycles. The first-order valence-corrected chi connectivity index (χ1v) is 13.1. The average Bonchev–Trinajstić information content (AvgIpc) is 2.85. The van der Waals surface area contributed by atoms with Crippen molar-refractivity contribution in [1.29, 1.82) is 0 Å². The Bertz CT molecular complexity index is 1180. The van der Waals surface area contributed by atoms with Gasteiger partial charge in [-0.3, -0.25) is 4.90 Å². The normalized spacial score (nSPS) is 19.8. The molecule has 3 aromatic rings. The molecule has 2 unspecified atom stereocenters. The zero-order valence-electron chi connectivity index (χ0n) is 18.7. The van der Waals surface area contributed by atoms with Gasteiger partial charge in [-0.2, -0.15) is 0 Å². The molecular formula is C27H31ClN2O2S. The van der Waals surface area contributed by atoms with Gasteiger partial charge >= 0.3 is 0 Å². The lowest BCUT2D eigenvalue weighted by atomic mass is 9.95. The number of hydrogen-bond donors (Lipinski definition) is 1. The highest BCUT2D eigenvalue weighted by atomic mass is 35.5. The number of hydrogen-bond acceptors (Lipinski definition) is 4. The molecule has 0 aliphatic carbocycles. The Balaban J connectivity index is 0.00000259. The van der Waals surface area contributed by atoms with Crippen LogP contribution in [0.3, 0.4) is 0 Å². The fourth-order valence-corrected chi connectivity index (χ4v) is 7.64. The van der Waals surface area contributed by atoms with Crippen LogP contribution in [-0.2, 0) is 22.8 Å². The summed E-state index contributed by atoms with van der Waals surface area (Å²) in [5.74, 6) is 0.0721. The number of halogens is 1. The Morgan fingerprint density at radius 2 is 1.58 bits per heavy atom. The van der Waals surface area contributed by atoms with Crippen molar-refractivity contribution in [3.8, 4) is 11.1 Å². The van der Waals surface area contributed by atoms with Crippen molar-refractivity contribution < 1.29 is 8.42 Å². The number of sulfone groups is 1. The molecule has 0 spiro atoms. The molecule has 174 valence electrons. The van der Waals surface area contributed by atoms with Gasteiger partial charge in [0.15, 0.2) is 9.84 Å². The van der Waals surface area contributed by atoms with E-state index in [1.165, 1.54) is 11.1 Å². The lowest BCUT2D eigenvalue weighted by Crippen LogP contribution is -2.52. The van der Waals surface area contributed by atoms with E-state index >= 15 is 0 Å². The molecule has 0 amide bonds. The Morgan fingerprint density at radius 3 is 2.33 bits per heavy atom. The zero-order chi connectivity index (χ0) is 22.0. The topological polar surface area (TPSA) is 49.4 Å². The van der Waals surface area contributed by atoms with Crippen molar-refractivity contribution in [3.05, 3.63) is 90.0 Å². The largest absolute Gasteiger partial charge is 0.316 e. The van der Waals surface area contributed by atoms with Crippen LogP contribution < -0.4 is 5.32 Å². The van der Waals surface area contributed by atoms with Gasteiger partial charge in [-0.15, -0.1) is 12.4 Å². The van der Waals surface area contributed by atoms with Crippen LogP contribution in [0.25, 0.3) is 11.1 Å². The van der Waals surface area contributed by atoms with E-state index in [1.807, 2.05) is 48.5 Å². The van der Waals surface area contributed by atoms with E-state index in [2.05, 4.69) is 34.5 Å². The second kappa shape index (κ2) is 10.4. The number of fused-ring (bicyclic) bond motifs is 1. The Labute approximate surface area is 203 Å². The molecule has 6 heteroatoms. The summed E-state index contributed by atoms with van der Waals surface area (Å²) in [6, 6.07) is 25.8. The van der Waals surface area contributed by atoms with Crippen molar-refractivity contribution >= 4 is 22.2 Å². The standard InChI is InChI=1S/C27H30N2O2S.ClH/c30-32(31,26-15-7-6-14-25(26)22-10-2-1-3-11-22)27(23-13-8-17-28-19-23)29-18-16-21-9-4-5-12-24(21)20-29;/h1-7,9-12,14-15,23,27-28H,8,13,16-20H2;1H. The highest BCUT2D eigenvalue weighted by Gasteiger charge is 2.41. The summed E-state index contributed by atoms with van der Waals surface area (Å²) in [5, 5.41) is 2.92. The van der Waals surface area contributed by atoms with Gasteiger partial charge in [0.2, 0.25) is 0 Å². The minimum absolute atomic E-state index is 0. The molecule has 2 atom stereocenters. The smallest absolute Gasteiger partial charge is 0.195 e. The lowest BCUT2D eigenvalue weighted by Gasteiger charge is -2.41. The molecule has 0 radical (unpaired) electrons. The molecule has 33 heavy (non-hydrogen) atoms. The molecule has 0 bridgehead atoms. The molecular weight excluding hydrogens is 452 g/mol. The minimum Gasteiger partial charge on any atom is -0.316 e. The molecule has 2 aliphatic rings. The van der Waals surface area contributed by atoms with Crippen molar-refractivity contribution in [3.63, 3.8) is 0 Å². The van der Waals surface area contributed by atoms with Crippen molar-refractivity contribution in [2.45, 2.75) is 36.1 Å². The molecule has 5 rings (SSSR count). The summed E-state index contributed by atoms with van der Waals surface area (Å²) in [6.45, 7) is 3.16. The highest BCUT2D eigenvalue weighted by Crippen LogP contribution is 2.36. The lowest BCUT2D eigenvalue weighted by molar-refractivity contribution is 0.162. The van der Waals surface area contributed by atoms with Crippen LogP contribution in [0.15, 0.2) is 83.8 Å². The molecule has 2 aliphatic heterocycles. The van der Waals surface area contributed by atoms with Crippen molar-refractivity contribution in [1.82, 2.24) is 10.2 Å². The van der Waals surface area contributed by atoms with Gasteiger partial charge in [0, 0.05) is 31.1 Å². The van der Waals surface area contributed by atoms with Gasteiger partial charge in [0.05, 0.1) is 4.90 Å². The van der Waals surface area contributed by atoms with Crippen LogP contribution in [0, 0.1) is 5.92 Å². The van der Waals surface area contributed by atoms with Crippen LogP contribution in [-0.4, -0.2) is 38.3 Å². The summed E-state index contributed by atoms with van der Waals surface area (Å²) in [5.41, 5.74) is 4.32. The zero-order valence-corrected chi connectivity index (χ0v) is 20.3. The molecule has 4 nitrogen and oxygen atoms in total. The first-order valence-electron chi connectivity index (χ1n) is 11.5. The van der Waals surface area contributed by atoms with Gasteiger partial charge in [0.25, 0.3) is 0 Å². The minimum atomic E-state index is -3.60. The Morgan fingerprint density at radius 1 is 0.879 bits per heavy atom. The van der Waals surface area contributed by atoms with E-state index in [0.29, 0.717) is 11.4 Å². The number of rotatable bonds is 5. The predicted octanol–water partition coefficient (Wildman–Crippen LogP) is 4.93. The molecule has 0 saturated carbocycles. The van der Waals surface area contributed by atoms with Crippen molar-refractivity contribution in [2.24, 2.45) is 5.92 Å². The second-order valence-electron chi connectivity index (χ2n) is 8.89. The summed E-state index contributed by atoms with van der Waals surface area (Å²) >= 11 is 0. The molecule has 2 heterocycles. The van der Waals surface area contributed by atoms with E-state index in [1.54, 1.807) is 6.07 Å². The first-order chi connectivity index (χ1) is 15.6. The third-order valence-corrected chi connectivity index (χ3v) is 9.14. The summed E-state index contributed by atoms with van der Waals surface area (Å²) < 4.78 is 28.7. The van der Waals surface area contributed by atoms with E-state index in [0.717, 1.165) is 50.0 Å². The Kier molecular flexibility index (Phi) is 7.55. The average molecular weight is 483 g/mol. The fourth-order valence-electron chi connectivity index (χ4n) is 5.31. The molecule has 1 saturated heterocycles. The van der Waals surface area contributed by atoms with Crippen LogP contribution in [0.4, 0.5) is 0 Å². The van der Waals surface area contributed by atoms with E-state index in [-0.39, 0.29) is 18.3 Å². The number of piperidine rings is 1. The highest BCUT2D eigenvalue weighted by molar-refractivity contribution is 7.92. The van der Waals surface area contributed by atoms with Gasteiger partial charge < -0.3 is 5.32 Å². The maximum atomic E-state index is 14.4. The van der Waals surface area contributed by atoms with Gasteiger partial charge in [-0.25, -0.2) is 8.42 Å². The Hall–Kier alpha value is -2.18. The third kappa shape index (κ3) is 4.87. The van der Waals surface area contributed by atoms with Crippen molar-refractivity contribution in [2.75, 3.05) is 19.6 Å². The van der Waals surface area contributed by atoms with E-state index in [4.69, 9.17) is 0 Å². The summed E-state index contributed by atoms with van der Waals surface area (Å²) in [7, 11) is -3.60. The van der Waals surface area contributed by atoms with Gasteiger partial charge in [-0.1, -0.05) is 72.8 Å². The molecule has 1 fully saturated rings. The SMILES string of the molecule is Cl.O=S(=O)(c1ccccc1-c1ccccc1)C(C1CCCNC1)N1CCc2ccccc2C1. The summed E-state index contributed by atoms with van der Waals surface area (Å²) in [4.78, 5) is 2.66. The number of nitrogens with zero attached hydrogens (tertiary/aromatic N) is 1. The molecule has 3 aromatic carbocycles. The number of nitrogens with one attached hydrogen (secondary N) is 1. The molecule has 1 N–H and O–H groups in total. The van der Waals surface area contributed by atoms with Gasteiger partial charge in [0.1, 0.15) is 5.37 Å². The first kappa shape index (κ1) is 24.0. The maximum Gasteiger partial charge on any atom is 0.195 e. The fraction of sp³-hybridized carbons (Fsp3) is 0.333. The third-order valence-electron chi connectivity index (χ3n) is 6.85. The second-order valence-corrected chi connectivity index (χ2v) is 10.9. The van der Waals surface area contributed by atoms with E-state index in [9.17, 15) is 8.42 Å². The van der Waals surface area contributed by atoms with Gasteiger partial charge in [-0.05, 0) is 48.6 Å². The van der Waals surface area contributed by atoms with E-state index < -0.39 is 15.2 Å². The monoisotopic (exact) mass is 482 g/mol. The predicted molar refractivity (Wildman–Crippen MR) is 136 cm³/mol. The van der Waals surface area contributed by atoms with Crippen LogP contribution in [0.5, 0.6) is 0 Å². The maximum absolute atomic E-state index is 14.4. The van der Waals surface area contributed by atoms with Crippen LogP contribution >= 0.6 is 12.4 Å². The summed E-state index contributed by atoms with van der Waals surface area (Å²) in [6.07, 6.45) is 2.84. The van der Waals surface area contributed by atoms with Crippen LogP contribution in [0.1, 0.15) is 24.0 Å². The number of benzene rings is 3. The van der Waals surface area contributed by atoms with Crippen LogP contribution in [0.2, 0.25) is 0 Å². The quantitative estimate of drug-likeness (QED) is 0.560.